The Morgan fingerprint density at radius 3 is 1.91 bits per heavy atom. The fraction of sp³-hybridized carbons (Fsp3) is 0.923. The number of rotatable bonds is 25. The van der Waals surface area contributed by atoms with Gasteiger partial charge in [-0.1, -0.05) is 76.9 Å². The first-order valence-electron chi connectivity index (χ1n) is 13.5. The van der Waals surface area contributed by atoms with Crippen LogP contribution in [0.1, 0.15) is 96.8 Å². The van der Waals surface area contributed by atoms with Gasteiger partial charge in [0.25, 0.3) is 7.82 Å². The number of hydrogen-bond acceptors (Lipinski definition) is 6. The lowest BCUT2D eigenvalue weighted by Crippen LogP contribution is -2.37. The zero-order valence-corrected chi connectivity index (χ0v) is 23.4. The van der Waals surface area contributed by atoms with E-state index in [-0.39, 0.29) is 13.2 Å². The van der Waals surface area contributed by atoms with Crippen molar-refractivity contribution in [2.24, 2.45) is 0 Å². The van der Waals surface area contributed by atoms with Gasteiger partial charge in [0, 0.05) is 6.61 Å². The van der Waals surface area contributed by atoms with Crippen LogP contribution in [0.4, 0.5) is 0 Å². The van der Waals surface area contributed by atoms with Crippen LogP contribution in [-0.4, -0.2) is 69.8 Å². The van der Waals surface area contributed by atoms with E-state index in [1.165, 1.54) is 77.0 Å². The fourth-order valence-corrected chi connectivity index (χ4v) is 4.28. The zero-order valence-electron chi connectivity index (χ0n) is 22.5. The molecule has 0 rings (SSSR count). The van der Waals surface area contributed by atoms with Crippen LogP contribution in [0.15, 0.2) is 12.2 Å². The number of aliphatic hydroxyl groups is 1. The first-order valence-corrected chi connectivity index (χ1v) is 14.9. The third kappa shape index (κ3) is 24.8. The molecule has 0 bridgehead atoms. The number of likely N-dealkylation sites (N-methyl/N-ethyl adjacent to an activating group) is 1. The molecule has 34 heavy (non-hydrogen) atoms. The van der Waals surface area contributed by atoms with Gasteiger partial charge in [-0.05, 0) is 32.1 Å². The van der Waals surface area contributed by atoms with Gasteiger partial charge in [-0.2, -0.15) is 0 Å². The molecule has 0 spiro atoms. The molecule has 0 aliphatic carbocycles. The average Bonchev–Trinajstić information content (AvgIpc) is 2.76. The first kappa shape index (κ1) is 33.7. The molecular weight excluding hydrogens is 453 g/mol. The number of quaternary nitrogens is 1. The molecule has 0 aromatic rings. The van der Waals surface area contributed by atoms with Crippen LogP contribution < -0.4 is 4.89 Å². The molecule has 0 aliphatic heterocycles. The number of unbranched alkanes of at least 4 members (excludes halogenated alkanes) is 12. The van der Waals surface area contributed by atoms with Crippen LogP contribution in [0.25, 0.3) is 0 Å². The Bertz CT molecular complexity index is 524. The number of phosphoric ester groups is 1. The monoisotopic (exact) mass is 507 g/mol. The van der Waals surface area contributed by atoms with E-state index in [1.807, 2.05) is 21.1 Å². The van der Waals surface area contributed by atoms with Gasteiger partial charge < -0.3 is 28.3 Å². The van der Waals surface area contributed by atoms with Crippen molar-refractivity contribution in [1.82, 2.24) is 0 Å². The molecule has 8 heteroatoms. The molecule has 0 aromatic heterocycles. The van der Waals surface area contributed by atoms with Crippen LogP contribution in [0.3, 0.4) is 0 Å². The van der Waals surface area contributed by atoms with E-state index in [2.05, 4.69) is 19.1 Å². The van der Waals surface area contributed by atoms with Gasteiger partial charge >= 0.3 is 0 Å². The molecule has 0 saturated heterocycles. The minimum atomic E-state index is -4.45. The summed E-state index contributed by atoms with van der Waals surface area (Å²) in [6.45, 7) is 2.97. The number of phosphoric acid groups is 1. The Hall–Kier alpha value is -0.270. The summed E-state index contributed by atoms with van der Waals surface area (Å²) in [6.07, 6.45) is 21.3. The molecule has 0 amide bonds. The lowest BCUT2D eigenvalue weighted by molar-refractivity contribution is -0.870. The normalized spacial score (nSPS) is 15.1. The third-order valence-electron chi connectivity index (χ3n) is 5.60. The minimum Gasteiger partial charge on any atom is -0.756 e. The summed E-state index contributed by atoms with van der Waals surface area (Å²) in [5, 5.41) is 9.36. The first-order chi connectivity index (χ1) is 16.2. The number of ether oxygens (including phenoxy) is 1. The summed E-state index contributed by atoms with van der Waals surface area (Å²) >= 11 is 0. The summed E-state index contributed by atoms with van der Waals surface area (Å²) in [5.74, 6) is 0. The smallest absolute Gasteiger partial charge is 0.268 e. The standard InChI is InChI=1S/C26H54NO6P/c1-5-6-7-8-9-10-11-12-13-14-15-16-17-18-19-20-22-31-25-26(24-28)33-34(29,30)32-23-21-27(2,3)4/h12-13,26,28H,5-11,14-25H2,1-4H3/b13-12-/t26-/m0/s1. The van der Waals surface area contributed by atoms with Gasteiger partial charge in [-0.15, -0.1) is 0 Å². The summed E-state index contributed by atoms with van der Waals surface area (Å²) in [6, 6.07) is 0. The van der Waals surface area contributed by atoms with Crippen molar-refractivity contribution in [2.75, 3.05) is 54.1 Å². The van der Waals surface area contributed by atoms with Crippen LogP contribution in [0.2, 0.25) is 0 Å². The van der Waals surface area contributed by atoms with Crippen molar-refractivity contribution < 1.29 is 32.8 Å². The van der Waals surface area contributed by atoms with Crippen LogP contribution in [0, 0.1) is 0 Å². The minimum absolute atomic E-state index is 0.0342. The van der Waals surface area contributed by atoms with Crippen LogP contribution >= 0.6 is 7.82 Å². The predicted octanol–water partition coefficient (Wildman–Crippen LogP) is 5.61. The highest BCUT2D eigenvalue weighted by Gasteiger charge is 2.19. The highest BCUT2D eigenvalue weighted by molar-refractivity contribution is 7.45. The fourth-order valence-electron chi connectivity index (χ4n) is 3.42. The maximum Gasteiger partial charge on any atom is 0.268 e. The van der Waals surface area contributed by atoms with Crippen molar-refractivity contribution in [1.29, 1.82) is 0 Å². The Morgan fingerprint density at radius 1 is 0.853 bits per heavy atom. The summed E-state index contributed by atoms with van der Waals surface area (Å²) in [7, 11) is 1.38. The molecule has 2 atom stereocenters. The highest BCUT2D eigenvalue weighted by Crippen LogP contribution is 2.39. The second kappa shape index (κ2) is 22.0. The van der Waals surface area contributed by atoms with E-state index in [1.54, 1.807) is 0 Å². The van der Waals surface area contributed by atoms with E-state index >= 15 is 0 Å². The van der Waals surface area contributed by atoms with Crippen molar-refractivity contribution in [3.05, 3.63) is 12.2 Å². The van der Waals surface area contributed by atoms with Crippen LogP contribution in [0.5, 0.6) is 0 Å². The Balaban J connectivity index is 3.56. The Morgan fingerprint density at radius 2 is 1.38 bits per heavy atom. The van der Waals surface area contributed by atoms with Gasteiger partial charge in [0.15, 0.2) is 0 Å². The lowest BCUT2D eigenvalue weighted by atomic mass is 10.1. The molecule has 0 aliphatic rings. The quantitative estimate of drug-likeness (QED) is 0.0748. The van der Waals surface area contributed by atoms with Crippen molar-refractivity contribution in [3.63, 3.8) is 0 Å². The largest absolute Gasteiger partial charge is 0.756 e. The van der Waals surface area contributed by atoms with E-state index < -0.39 is 20.5 Å². The molecule has 7 nitrogen and oxygen atoms in total. The second-order valence-corrected chi connectivity index (χ2v) is 11.6. The van der Waals surface area contributed by atoms with E-state index in [0.29, 0.717) is 17.6 Å². The number of hydrogen-bond donors (Lipinski definition) is 1. The van der Waals surface area contributed by atoms with Gasteiger partial charge in [-0.25, -0.2) is 0 Å². The zero-order chi connectivity index (χ0) is 25.5. The Labute approximate surface area is 210 Å². The SMILES string of the molecule is CCCCCCCC/C=C\CCCCCCCCOC[C@H](CO)OP(=O)([O-])OCC[N+](C)(C)C. The van der Waals surface area contributed by atoms with E-state index in [9.17, 15) is 14.6 Å². The number of aliphatic hydroxyl groups excluding tert-OH is 1. The summed E-state index contributed by atoms with van der Waals surface area (Å²) in [4.78, 5) is 11.9. The second-order valence-electron chi connectivity index (χ2n) is 10.2. The highest BCUT2D eigenvalue weighted by atomic mass is 31.2. The summed E-state index contributed by atoms with van der Waals surface area (Å²) in [5.41, 5.74) is 0. The molecular formula is C26H54NO6P. The van der Waals surface area contributed by atoms with E-state index in [0.717, 1.165) is 12.8 Å². The predicted molar refractivity (Wildman–Crippen MR) is 139 cm³/mol. The topological polar surface area (TPSA) is 88.0 Å². The molecule has 0 saturated carbocycles. The van der Waals surface area contributed by atoms with Gasteiger partial charge in [0.2, 0.25) is 0 Å². The van der Waals surface area contributed by atoms with Gasteiger partial charge in [-0.3, -0.25) is 4.57 Å². The molecule has 0 radical (unpaired) electrons. The molecule has 0 heterocycles. The molecule has 0 aromatic carbocycles. The number of allylic oxidation sites excluding steroid dienone is 2. The van der Waals surface area contributed by atoms with Gasteiger partial charge in [0.05, 0.1) is 34.4 Å². The maximum atomic E-state index is 11.9. The maximum absolute atomic E-state index is 11.9. The molecule has 204 valence electrons. The van der Waals surface area contributed by atoms with Crippen molar-refractivity contribution in [2.45, 2.75) is 103 Å². The molecule has 0 fully saturated rings. The van der Waals surface area contributed by atoms with Gasteiger partial charge in [0.1, 0.15) is 19.3 Å². The van der Waals surface area contributed by atoms with Crippen molar-refractivity contribution >= 4 is 7.82 Å². The van der Waals surface area contributed by atoms with Crippen LogP contribution in [-0.2, 0) is 18.3 Å². The lowest BCUT2D eigenvalue weighted by Gasteiger charge is -2.29. The molecule has 1 unspecified atom stereocenters. The van der Waals surface area contributed by atoms with E-state index in [4.69, 9.17) is 13.8 Å². The molecule has 1 N–H and O–H groups in total. The summed E-state index contributed by atoms with van der Waals surface area (Å²) < 4.78 is 27.8. The third-order valence-corrected chi connectivity index (χ3v) is 6.65. The Kier molecular flexibility index (Phi) is 21.8. The number of nitrogens with zero attached hydrogens (tertiary/aromatic N) is 1. The average molecular weight is 508 g/mol. The van der Waals surface area contributed by atoms with Crippen molar-refractivity contribution in [3.8, 4) is 0 Å².